The number of aromatic nitrogens is 1. The first-order valence-electron chi connectivity index (χ1n) is 7.35. The van der Waals surface area contributed by atoms with Crippen molar-refractivity contribution >= 4 is 21.8 Å². The number of carbonyl (C=O) groups excluding carboxylic acids is 1. The Morgan fingerprint density at radius 3 is 2.83 bits per heavy atom. The van der Waals surface area contributed by atoms with Crippen LogP contribution in [0.4, 0.5) is 0 Å². The second-order valence-electron chi connectivity index (χ2n) is 5.33. The van der Waals surface area contributed by atoms with Gasteiger partial charge in [-0.05, 0) is 47.1 Å². The van der Waals surface area contributed by atoms with Crippen LogP contribution in [0.1, 0.15) is 29.0 Å². The molecule has 3 rings (SSSR count). The lowest BCUT2D eigenvalue weighted by molar-refractivity contribution is 0.0738. The van der Waals surface area contributed by atoms with Gasteiger partial charge in [-0.15, -0.1) is 0 Å². The average Bonchev–Trinajstić information content (AvgIpc) is 2.60. The van der Waals surface area contributed by atoms with Gasteiger partial charge in [-0.2, -0.15) is 0 Å². The molecule has 0 aliphatic carbocycles. The lowest BCUT2D eigenvalue weighted by Crippen LogP contribution is -2.30. The molecule has 1 atom stereocenters. The number of fused-ring (bicyclic) bond motifs is 1. The van der Waals surface area contributed by atoms with Crippen molar-refractivity contribution in [3.63, 3.8) is 0 Å². The third-order valence-corrected chi connectivity index (χ3v) is 4.45. The molecule has 120 valence electrons. The van der Waals surface area contributed by atoms with Crippen LogP contribution in [0.15, 0.2) is 41.0 Å². The van der Waals surface area contributed by atoms with E-state index in [1.807, 2.05) is 25.1 Å². The second kappa shape index (κ2) is 6.58. The van der Waals surface area contributed by atoms with Gasteiger partial charge in [0.25, 0.3) is 5.91 Å². The van der Waals surface area contributed by atoms with Crippen molar-refractivity contribution in [2.45, 2.75) is 13.0 Å². The van der Waals surface area contributed by atoms with Crippen LogP contribution in [0.25, 0.3) is 0 Å². The Morgan fingerprint density at radius 2 is 2.09 bits per heavy atom. The maximum absolute atomic E-state index is 12.8. The van der Waals surface area contributed by atoms with Crippen LogP contribution < -0.4 is 9.47 Å². The summed E-state index contributed by atoms with van der Waals surface area (Å²) in [5.41, 5.74) is 1.39. The van der Waals surface area contributed by atoms with Crippen LogP contribution in [-0.4, -0.2) is 36.1 Å². The summed E-state index contributed by atoms with van der Waals surface area (Å²) in [5.74, 6) is 1.14. The molecule has 0 bridgehead atoms. The van der Waals surface area contributed by atoms with Crippen LogP contribution in [0, 0.1) is 0 Å². The quantitative estimate of drug-likeness (QED) is 0.822. The van der Waals surface area contributed by atoms with Crippen molar-refractivity contribution in [1.82, 2.24) is 9.88 Å². The zero-order valence-corrected chi connectivity index (χ0v) is 14.5. The fourth-order valence-corrected chi connectivity index (χ4v) is 2.99. The number of benzene rings is 1. The summed E-state index contributed by atoms with van der Waals surface area (Å²) >= 11 is 3.44. The highest BCUT2D eigenvalue weighted by Crippen LogP contribution is 2.39. The number of rotatable bonds is 3. The highest BCUT2D eigenvalue weighted by atomic mass is 79.9. The van der Waals surface area contributed by atoms with Gasteiger partial charge in [0.15, 0.2) is 11.5 Å². The zero-order chi connectivity index (χ0) is 16.4. The van der Waals surface area contributed by atoms with Crippen LogP contribution in [0.3, 0.4) is 0 Å². The Bertz CT molecular complexity index is 721. The number of hydrogen-bond acceptors (Lipinski definition) is 4. The minimum absolute atomic E-state index is 0.0965. The average molecular weight is 377 g/mol. The minimum Gasteiger partial charge on any atom is -0.486 e. The molecule has 0 N–H and O–H groups in total. The molecule has 5 nitrogen and oxygen atoms in total. The third-order valence-electron chi connectivity index (χ3n) is 3.86. The molecular formula is C17H17BrN2O3. The first kappa shape index (κ1) is 15.8. The summed E-state index contributed by atoms with van der Waals surface area (Å²) in [6, 6.07) is 9.04. The van der Waals surface area contributed by atoms with E-state index in [1.165, 1.54) is 0 Å². The summed E-state index contributed by atoms with van der Waals surface area (Å²) in [6.45, 7) is 2.94. The Labute approximate surface area is 143 Å². The van der Waals surface area contributed by atoms with E-state index in [2.05, 4.69) is 20.9 Å². The van der Waals surface area contributed by atoms with Gasteiger partial charge in [0, 0.05) is 18.8 Å². The Hall–Kier alpha value is -2.08. The van der Waals surface area contributed by atoms with Crippen LogP contribution in [0.5, 0.6) is 11.5 Å². The number of carbonyl (C=O) groups is 1. The first-order chi connectivity index (χ1) is 11.1. The highest BCUT2D eigenvalue weighted by Gasteiger charge is 2.23. The molecule has 1 aliphatic heterocycles. The molecule has 1 aliphatic rings. The maximum atomic E-state index is 12.8. The van der Waals surface area contributed by atoms with Gasteiger partial charge in [0.2, 0.25) is 0 Å². The molecule has 0 fully saturated rings. The van der Waals surface area contributed by atoms with Gasteiger partial charge >= 0.3 is 0 Å². The van der Waals surface area contributed by atoms with E-state index in [9.17, 15) is 4.79 Å². The van der Waals surface area contributed by atoms with Gasteiger partial charge in [0.1, 0.15) is 13.2 Å². The van der Waals surface area contributed by atoms with Gasteiger partial charge in [-0.3, -0.25) is 9.78 Å². The predicted molar refractivity (Wildman–Crippen MR) is 89.9 cm³/mol. The molecule has 23 heavy (non-hydrogen) atoms. The van der Waals surface area contributed by atoms with Crippen molar-refractivity contribution in [3.8, 4) is 11.5 Å². The molecule has 1 unspecified atom stereocenters. The number of pyridine rings is 1. The predicted octanol–water partition coefficient (Wildman–Crippen LogP) is 3.45. The fourth-order valence-electron chi connectivity index (χ4n) is 2.44. The van der Waals surface area contributed by atoms with E-state index in [0.717, 1.165) is 10.2 Å². The maximum Gasteiger partial charge on any atom is 0.254 e. The number of ether oxygens (including phenoxy) is 2. The van der Waals surface area contributed by atoms with Gasteiger partial charge in [-0.25, -0.2) is 0 Å². The number of amides is 1. The molecule has 0 radical (unpaired) electrons. The molecule has 0 saturated heterocycles. The lowest BCUT2D eigenvalue weighted by atomic mass is 10.1. The Morgan fingerprint density at radius 1 is 1.30 bits per heavy atom. The number of halogens is 1. The SMILES string of the molecule is CC(c1ccccn1)N(C)C(=O)c1cc(Br)c2c(c1)OCCO2. The minimum atomic E-state index is -0.129. The van der Waals surface area contributed by atoms with Gasteiger partial charge in [-0.1, -0.05) is 6.07 Å². The van der Waals surface area contributed by atoms with E-state index < -0.39 is 0 Å². The molecule has 6 heteroatoms. The smallest absolute Gasteiger partial charge is 0.254 e. The van der Waals surface area contributed by atoms with Crippen LogP contribution in [-0.2, 0) is 0 Å². The van der Waals surface area contributed by atoms with Gasteiger partial charge in [0.05, 0.1) is 16.2 Å². The third kappa shape index (κ3) is 3.17. The molecule has 2 heterocycles. The van der Waals surface area contributed by atoms with Crippen molar-refractivity contribution in [2.24, 2.45) is 0 Å². The molecule has 0 saturated carbocycles. The number of hydrogen-bond donors (Lipinski definition) is 0. The monoisotopic (exact) mass is 376 g/mol. The summed E-state index contributed by atoms with van der Waals surface area (Å²) in [7, 11) is 1.77. The van der Waals surface area contributed by atoms with Crippen LogP contribution >= 0.6 is 15.9 Å². The van der Waals surface area contributed by atoms with Crippen molar-refractivity contribution in [1.29, 1.82) is 0 Å². The van der Waals surface area contributed by atoms with E-state index in [4.69, 9.17) is 9.47 Å². The van der Waals surface area contributed by atoms with E-state index in [0.29, 0.717) is 30.3 Å². The van der Waals surface area contributed by atoms with E-state index >= 15 is 0 Å². The lowest BCUT2D eigenvalue weighted by Gasteiger charge is -2.26. The molecule has 2 aromatic rings. The zero-order valence-electron chi connectivity index (χ0n) is 13.0. The summed E-state index contributed by atoms with van der Waals surface area (Å²) in [6.07, 6.45) is 1.73. The summed E-state index contributed by atoms with van der Waals surface area (Å²) in [5, 5.41) is 0. The Kier molecular flexibility index (Phi) is 4.52. The topological polar surface area (TPSA) is 51.7 Å². The van der Waals surface area contributed by atoms with Crippen molar-refractivity contribution in [2.75, 3.05) is 20.3 Å². The molecule has 1 amide bonds. The van der Waals surface area contributed by atoms with E-state index in [1.54, 1.807) is 30.3 Å². The normalized spacial score (nSPS) is 14.2. The first-order valence-corrected chi connectivity index (χ1v) is 8.14. The molecule has 0 spiro atoms. The Balaban J connectivity index is 1.86. The number of nitrogens with zero attached hydrogens (tertiary/aromatic N) is 2. The standard InChI is InChI=1S/C17H17BrN2O3/c1-11(14-5-3-4-6-19-14)20(2)17(21)12-9-13(18)16-15(10-12)22-7-8-23-16/h3-6,9-11H,7-8H2,1-2H3. The van der Waals surface area contributed by atoms with Crippen molar-refractivity contribution in [3.05, 3.63) is 52.3 Å². The second-order valence-corrected chi connectivity index (χ2v) is 6.18. The largest absolute Gasteiger partial charge is 0.486 e. The molecule has 1 aromatic carbocycles. The van der Waals surface area contributed by atoms with Gasteiger partial charge < -0.3 is 14.4 Å². The summed E-state index contributed by atoms with van der Waals surface area (Å²) in [4.78, 5) is 18.8. The summed E-state index contributed by atoms with van der Waals surface area (Å²) < 4.78 is 11.9. The molecule has 1 aromatic heterocycles. The van der Waals surface area contributed by atoms with Crippen molar-refractivity contribution < 1.29 is 14.3 Å². The highest BCUT2D eigenvalue weighted by molar-refractivity contribution is 9.10. The molecular weight excluding hydrogens is 360 g/mol. The fraction of sp³-hybridized carbons (Fsp3) is 0.294. The van der Waals surface area contributed by atoms with Crippen LogP contribution in [0.2, 0.25) is 0 Å². The van der Waals surface area contributed by atoms with E-state index in [-0.39, 0.29) is 11.9 Å².